The van der Waals surface area contributed by atoms with Crippen LogP contribution in [0.4, 0.5) is 5.69 Å². The summed E-state index contributed by atoms with van der Waals surface area (Å²) in [5.74, 6) is 1.36. The number of aromatic amines is 1. The van der Waals surface area contributed by atoms with E-state index in [1.807, 2.05) is 6.92 Å². The number of rotatable bonds is 2. The van der Waals surface area contributed by atoms with Crippen LogP contribution in [0.1, 0.15) is 60.8 Å². The molecule has 0 amide bonds. The van der Waals surface area contributed by atoms with Crippen molar-refractivity contribution in [1.29, 1.82) is 0 Å². The standard InChI is InChI=1S/C20H23N7O/c1-12-9-15(18-24-21-11-27(18)25-12)26-8-2-6-20(10-26)7-5-14-16(20)22-17(13-3-4-13)23-19(14)28/h9,11,13H,2-8,10H2,1H3,(H,22,23,28). The Hall–Kier alpha value is -2.77. The van der Waals surface area contributed by atoms with Crippen LogP contribution < -0.4 is 10.5 Å². The zero-order chi connectivity index (χ0) is 18.9. The molecule has 1 atom stereocenters. The predicted molar refractivity (Wildman–Crippen MR) is 104 cm³/mol. The number of nitrogens with one attached hydrogen (secondary N) is 1. The number of nitrogens with zero attached hydrogens (tertiary/aromatic N) is 6. The highest BCUT2D eigenvalue weighted by Gasteiger charge is 2.45. The van der Waals surface area contributed by atoms with Crippen LogP contribution >= 0.6 is 0 Å². The molecule has 2 fully saturated rings. The minimum atomic E-state index is -0.0420. The van der Waals surface area contributed by atoms with Crippen molar-refractivity contribution in [3.8, 4) is 0 Å². The molecule has 1 saturated heterocycles. The first kappa shape index (κ1) is 16.2. The van der Waals surface area contributed by atoms with Crippen LogP contribution in [0, 0.1) is 6.92 Å². The number of H-pyrrole nitrogens is 1. The number of anilines is 1. The molecule has 1 aliphatic heterocycles. The van der Waals surface area contributed by atoms with E-state index in [2.05, 4.69) is 31.2 Å². The predicted octanol–water partition coefficient (Wildman–Crippen LogP) is 1.88. The van der Waals surface area contributed by atoms with Gasteiger partial charge in [-0.1, -0.05) is 0 Å². The van der Waals surface area contributed by atoms with E-state index in [4.69, 9.17) is 4.98 Å². The van der Waals surface area contributed by atoms with Gasteiger partial charge in [0.1, 0.15) is 12.2 Å². The second-order valence-corrected chi connectivity index (χ2v) is 8.63. The molecule has 28 heavy (non-hydrogen) atoms. The molecule has 1 saturated carbocycles. The monoisotopic (exact) mass is 377 g/mol. The van der Waals surface area contributed by atoms with Crippen LogP contribution in [0.2, 0.25) is 0 Å². The van der Waals surface area contributed by atoms with Crippen LogP contribution in [-0.4, -0.2) is 42.9 Å². The lowest BCUT2D eigenvalue weighted by Crippen LogP contribution is -2.46. The van der Waals surface area contributed by atoms with Gasteiger partial charge in [-0.15, -0.1) is 10.2 Å². The maximum absolute atomic E-state index is 12.7. The summed E-state index contributed by atoms with van der Waals surface area (Å²) in [6, 6.07) is 2.10. The summed E-state index contributed by atoms with van der Waals surface area (Å²) in [7, 11) is 0. The third-order valence-electron chi connectivity index (χ3n) is 6.64. The van der Waals surface area contributed by atoms with E-state index in [1.54, 1.807) is 10.8 Å². The molecular formula is C20H23N7O. The summed E-state index contributed by atoms with van der Waals surface area (Å²) in [5.41, 5.74) is 4.82. The molecule has 4 heterocycles. The molecule has 3 aliphatic rings. The van der Waals surface area contributed by atoms with Gasteiger partial charge in [0.2, 0.25) is 5.65 Å². The Balaban J connectivity index is 1.44. The Kier molecular flexibility index (Phi) is 3.25. The van der Waals surface area contributed by atoms with Gasteiger partial charge in [0, 0.05) is 30.0 Å². The van der Waals surface area contributed by atoms with Gasteiger partial charge in [0.15, 0.2) is 0 Å². The van der Waals surface area contributed by atoms with Gasteiger partial charge >= 0.3 is 0 Å². The van der Waals surface area contributed by atoms with Gasteiger partial charge in [0.25, 0.3) is 5.56 Å². The van der Waals surface area contributed by atoms with Crippen LogP contribution in [-0.2, 0) is 11.8 Å². The van der Waals surface area contributed by atoms with E-state index in [-0.39, 0.29) is 11.0 Å². The first-order valence-corrected chi connectivity index (χ1v) is 10.2. The van der Waals surface area contributed by atoms with Crippen molar-refractivity contribution >= 4 is 11.3 Å². The fraction of sp³-hybridized carbons (Fsp3) is 0.550. The van der Waals surface area contributed by atoms with Crippen molar-refractivity contribution in [3.05, 3.63) is 45.5 Å². The quantitative estimate of drug-likeness (QED) is 0.733. The fourth-order valence-corrected chi connectivity index (χ4v) is 5.12. The van der Waals surface area contributed by atoms with Crippen LogP contribution in [0.15, 0.2) is 17.2 Å². The van der Waals surface area contributed by atoms with Crippen molar-refractivity contribution in [2.75, 3.05) is 18.0 Å². The van der Waals surface area contributed by atoms with E-state index >= 15 is 0 Å². The van der Waals surface area contributed by atoms with Crippen LogP contribution in [0.25, 0.3) is 5.65 Å². The third-order valence-corrected chi connectivity index (χ3v) is 6.64. The van der Waals surface area contributed by atoms with Gasteiger partial charge in [-0.05, 0) is 51.5 Å². The number of hydrogen-bond acceptors (Lipinski definition) is 6. The summed E-state index contributed by atoms with van der Waals surface area (Å²) in [6.07, 6.45) is 7.92. The molecule has 8 heteroatoms. The summed E-state index contributed by atoms with van der Waals surface area (Å²) >= 11 is 0. The van der Waals surface area contributed by atoms with Crippen molar-refractivity contribution in [1.82, 2.24) is 29.8 Å². The molecule has 0 aromatic carbocycles. The minimum absolute atomic E-state index is 0.0420. The SMILES string of the molecule is Cc1cc(N2CCCC3(CCc4c3nc(C3CC3)[nH]c4=O)C2)c2nncn2n1. The summed E-state index contributed by atoms with van der Waals surface area (Å²) < 4.78 is 1.75. The summed E-state index contributed by atoms with van der Waals surface area (Å²) in [5, 5.41) is 12.8. The van der Waals surface area contributed by atoms with Gasteiger partial charge in [0.05, 0.1) is 17.1 Å². The smallest absolute Gasteiger partial charge is 0.254 e. The number of piperidine rings is 1. The Labute approximate surface area is 162 Å². The second kappa shape index (κ2) is 5.62. The minimum Gasteiger partial charge on any atom is -0.367 e. The third kappa shape index (κ3) is 2.33. The average molecular weight is 377 g/mol. The number of fused-ring (bicyclic) bond motifs is 3. The lowest BCUT2D eigenvalue weighted by atomic mass is 9.77. The Morgan fingerprint density at radius 1 is 1.29 bits per heavy atom. The summed E-state index contributed by atoms with van der Waals surface area (Å²) in [6.45, 7) is 3.84. The van der Waals surface area contributed by atoms with Crippen molar-refractivity contribution in [2.24, 2.45) is 0 Å². The Morgan fingerprint density at radius 2 is 2.18 bits per heavy atom. The Morgan fingerprint density at radius 3 is 3.04 bits per heavy atom. The van der Waals surface area contributed by atoms with Crippen molar-refractivity contribution in [3.63, 3.8) is 0 Å². The van der Waals surface area contributed by atoms with E-state index in [0.29, 0.717) is 5.92 Å². The zero-order valence-electron chi connectivity index (χ0n) is 16.0. The van der Waals surface area contributed by atoms with Gasteiger partial charge < -0.3 is 9.88 Å². The van der Waals surface area contributed by atoms with E-state index in [9.17, 15) is 4.79 Å². The lowest BCUT2D eigenvalue weighted by molar-refractivity contribution is 0.334. The maximum Gasteiger partial charge on any atom is 0.254 e. The average Bonchev–Trinajstić information content (AvgIpc) is 3.35. The van der Waals surface area contributed by atoms with Crippen molar-refractivity contribution < 1.29 is 0 Å². The highest BCUT2D eigenvalue weighted by molar-refractivity contribution is 5.69. The molecular weight excluding hydrogens is 354 g/mol. The molecule has 0 bridgehead atoms. The molecule has 2 aliphatic carbocycles. The first-order chi connectivity index (χ1) is 13.6. The largest absolute Gasteiger partial charge is 0.367 e. The number of aromatic nitrogens is 6. The lowest BCUT2D eigenvalue weighted by Gasteiger charge is -2.41. The van der Waals surface area contributed by atoms with E-state index in [1.165, 1.54) is 0 Å². The molecule has 3 aromatic heterocycles. The molecule has 1 spiro atoms. The second-order valence-electron chi connectivity index (χ2n) is 8.63. The molecule has 1 N–H and O–H groups in total. The normalized spacial score (nSPS) is 24.2. The highest BCUT2D eigenvalue weighted by Crippen LogP contribution is 2.45. The van der Waals surface area contributed by atoms with Crippen LogP contribution in [0.5, 0.6) is 0 Å². The molecule has 3 aromatic rings. The van der Waals surface area contributed by atoms with Gasteiger partial charge in [-0.25, -0.2) is 4.98 Å². The fourth-order valence-electron chi connectivity index (χ4n) is 5.12. The molecule has 0 radical (unpaired) electrons. The molecule has 1 unspecified atom stereocenters. The molecule has 8 nitrogen and oxygen atoms in total. The molecule has 6 rings (SSSR count). The van der Waals surface area contributed by atoms with Gasteiger partial charge in [-0.2, -0.15) is 9.61 Å². The van der Waals surface area contributed by atoms with Crippen molar-refractivity contribution in [2.45, 2.75) is 56.8 Å². The molecule has 144 valence electrons. The van der Waals surface area contributed by atoms with Gasteiger partial charge in [-0.3, -0.25) is 4.79 Å². The van der Waals surface area contributed by atoms with Crippen LogP contribution in [0.3, 0.4) is 0 Å². The number of aryl methyl sites for hydroxylation is 1. The van der Waals surface area contributed by atoms with E-state index < -0.39 is 0 Å². The maximum atomic E-state index is 12.7. The Bertz CT molecular complexity index is 1150. The topological polar surface area (TPSA) is 92.1 Å². The highest BCUT2D eigenvalue weighted by atomic mass is 16.1. The van der Waals surface area contributed by atoms with E-state index in [0.717, 1.165) is 85.7 Å². The zero-order valence-corrected chi connectivity index (χ0v) is 16.0. The number of hydrogen-bond donors (Lipinski definition) is 1. The first-order valence-electron chi connectivity index (χ1n) is 10.2. The summed E-state index contributed by atoms with van der Waals surface area (Å²) in [4.78, 5) is 23.2.